The molecule has 0 spiro atoms. The van der Waals surface area contributed by atoms with Gasteiger partial charge in [-0.2, -0.15) is 0 Å². The van der Waals surface area contributed by atoms with Gasteiger partial charge in [-0.15, -0.1) is 0 Å². The van der Waals surface area contributed by atoms with Crippen molar-refractivity contribution in [1.82, 2.24) is 0 Å². The first-order chi connectivity index (χ1) is 10.3. The van der Waals surface area contributed by atoms with Crippen LogP contribution in [0.15, 0.2) is 47.4 Å². The van der Waals surface area contributed by atoms with E-state index < -0.39 is 21.8 Å². The maximum absolute atomic E-state index is 12.9. The maximum atomic E-state index is 12.9. The number of carbonyl (C=O) groups excluding carboxylic acids is 1. The summed E-state index contributed by atoms with van der Waals surface area (Å²) in [7, 11) is -2.56. The van der Waals surface area contributed by atoms with Crippen LogP contribution in [-0.4, -0.2) is 21.5 Å². The van der Waals surface area contributed by atoms with Crippen molar-refractivity contribution in [2.24, 2.45) is 0 Å². The molecule has 0 saturated heterocycles. The molecule has 0 aromatic heterocycles. The number of rotatable bonds is 4. The molecule has 0 saturated carbocycles. The minimum absolute atomic E-state index is 0.0506. The molecule has 0 amide bonds. The van der Waals surface area contributed by atoms with Gasteiger partial charge in [0.15, 0.2) is 0 Å². The van der Waals surface area contributed by atoms with Gasteiger partial charge in [0.1, 0.15) is 5.82 Å². The molecular formula is C15H14FNO4S. The number of aryl methyl sites for hydroxylation is 1. The number of ether oxygens (including phenoxy) is 1. The number of anilines is 1. The summed E-state index contributed by atoms with van der Waals surface area (Å²) in [6, 6.07) is 8.95. The van der Waals surface area contributed by atoms with E-state index in [4.69, 9.17) is 0 Å². The zero-order valence-corrected chi connectivity index (χ0v) is 12.8. The van der Waals surface area contributed by atoms with E-state index in [0.717, 1.165) is 12.1 Å². The fourth-order valence-electron chi connectivity index (χ4n) is 1.84. The molecule has 0 atom stereocenters. The summed E-state index contributed by atoms with van der Waals surface area (Å²) in [5, 5.41) is 0. The zero-order valence-electron chi connectivity index (χ0n) is 12.0. The average Bonchev–Trinajstić information content (AvgIpc) is 2.48. The maximum Gasteiger partial charge on any atom is 0.337 e. The molecule has 0 aliphatic heterocycles. The van der Waals surface area contributed by atoms with Crippen molar-refractivity contribution in [3.8, 4) is 0 Å². The summed E-state index contributed by atoms with van der Waals surface area (Å²) >= 11 is 0. The third-order valence-electron chi connectivity index (χ3n) is 3.02. The number of hydrogen-bond acceptors (Lipinski definition) is 4. The Morgan fingerprint density at radius 1 is 1.14 bits per heavy atom. The molecule has 0 aliphatic rings. The first-order valence-electron chi connectivity index (χ1n) is 6.31. The predicted molar refractivity (Wildman–Crippen MR) is 79.7 cm³/mol. The van der Waals surface area contributed by atoms with Crippen LogP contribution < -0.4 is 4.72 Å². The van der Waals surface area contributed by atoms with Gasteiger partial charge in [0.25, 0.3) is 10.0 Å². The van der Waals surface area contributed by atoms with Gasteiger partial charge in [-0.1, -0.05) is 0 Å². The summed E-state index contributed by atoms with van der Waals surface area (Å²) in [6.45, 7) is 1.66. The topological polar surface area (TPSA) is 72.5 Å². The van der Waals surface area contributed by atoms with E-state index in [1.807, 2.05) is 0 Å². The Labute approximate surface area is 127 Å². The minimum atomic E-state index is -3.82. The Morgan fingerprint density at radius 3 is 2.32 bits per heavy atom. The van der Waals surface area contributed by atoms with Crippen LogP contribution in [0.3, 0.4) is 0 Å². The van der Waals surface area contributed by atoms with Crippen LogP contribution in [0.5, 0.6) is 0 Å². The largest absolute Gasteiger partial charge is 0.465 e. The lowest BCUT2D eigenvalue weighted by atomic mass is 10.1. The van der Waals surface area contributed by atoms with Crippen LogP contribution in [0.1, 0.15) is 15.9 Å². The average molecular weight is 323 g/mol. The van der Waals surface area contributed by atoms with Gasteiger partial charge in [0.2, 0.25) is 0 Å². The molecule has 0 fully saturated rings. The molecule has 0 aliphatic carbocycles. The zero-order chi connectivity index (χ0) is 16.3. The Balaban J connectivity index is 2.30. The molecule has 2 aromatic rings. The molecule has 0 heterocycles. The predicted octanol–water partition coefficient (Wildman–Crippen LogP) is 2.72. The van der Waals surface area contributed by atoms with Crippen molar-refractivity contribution < 1.29 is 22.3 Å². The smallest absolute Gasteiger partial charge is 0.337 e. The van der Waals surface area contributed by atoms with Gasteiger partial charge in [0.05, 0.1) is 23.3 Å². The van der Waals surface area contributed by atoms with Gasteiger partial charge in [-0.25, -0.2) is 17.6 Å². The van der Waals surface area contributed by atoms with Crippen LogP contribution in [-0.2, 0) is 14.8 Å². The van der Waals surface area contributed by atoms with Gasteiger partial charge in [-0.05, 0) is 55.0 Å². The Kier molecular flexibility index (Phi) is 4.46. The molecule has 0 unspecified atom stereocenters. The Morgan fingerprint density at radius 2 is 1.77 bits per heavy atom. The second-order valence-corrected chi connectivity index (χ2v) is 6.26. The summed E-state index contributed by atoms with van der Waals surface area (Å²) in [4.78, 5) is 11.4. The second kappa shape index (κ2) is 6.15. The number of hydrogen-bond donors (Lipinski definition) is 1. The SMILES string of the molecule is COC(=O)c1ccc(NS(=O)(=O)c2ccc(F)cc2)c(C)c1. The molecule has 0 bridgehead atoms. The van der Waals surface area contributed by atoms with Gasteiger partial charge in [-0.3, -0.25) is 4.72 Å². The number of nitrogens with one attached hydrogen (secondary N) is 1. The highest BCUT2D eigenvalue weighted by atomic mass is 32.2. The Hall–Kier alpha value is -2.41. The quantitative estimate of drug-likeness (QED) is 0.878. The van der Waals surface area contributed by atoms with Gasteiger partial charge in [0, 0.05) is 0 Å². The van der Waals surface area contributed by atoms with E-state index in [-0.39, 0.29) is 4.90 Å². The molecule has 7 heteroatoms. The van der Waals surface area contributed by atoms with Crippen molar-refractivity contribution in [3.63, 3.8) is 0 Å². The van der Waals surface area contributed by atoms with Crippen molar-refractivity contribution in [2.45, 2.75) is 11.8 Å². The molecule has 2 rings (SSSR count). The third kappa shape index (κ3) is 3.43. The van der Waals surface area contributed by atoms with Crippen molar-refractivity contribution in [1.29, 1.82) is 0 Å². The van der Waals surface area contributed by atoms with E-state index in [0.29, 0.717) is 16.8 Å². The first-order valence-corrected chi connectivity index (χ1v) is 7.79. The molecular weight excluding hydrogens is 309 g/mol. The van der Waals surface area contributed by atoms with E-state index >= 15 is 0 Å². The summed E-state index contributed by atoms with van der Waals surface area (Å²) in [5.74, 6) is -1.02. The fraction of sp³-hybridized carbons (Fsp3) is 0.133. The normalized spacial score (nSPS) is 11.0. The van der Waals surface area contributed by atoms with Crippen LogP contribution in [0, 0.1) is 12.7 Å². The van der Waals surface area contributed by atoms with E-state index in [9.17, 15) is 17.6 Å². The summed E-state index contributed by atoms with van der Waals surface area (Å²) in [6.07, 6.45) is 0. The summed E-state index contributed by atoms with van der Waals surface area (Å²) < 4.78 is 44.3. The van der Waals surface area contributed by atoms with Crippen molar-refractivity contribution >= 4 is 21.7 Å². The highest BCUT2D eigenvalue weighted by molar-refractivity contribution is 7.92. The minimum Gasteiger partial charge on any atom is -0.465 e. The molecule has 0 radical (unpaired) electrons. The number of sulfonamides is 1. The van der Waals surface area contributed by atoms with Gasteiger partial charge >= 0.3 is 5.97 Å². The van der Waals surface area contributed by atoms with Crippen LogP contribution >= 0.6 is 0 Å². The highest BCUT2D eigenvalue weighted by Gasteiger charge is 2.16. The number of methoxy groups -OCH3 is 1. The lowest BCUT2D eigenvalue weighted by Crippen LogP contribution is -2.14. The molecule has 22 heavy (non-hydrogen) atoms. The summed E-state index contributed by atoms with van der Waals surface area (Å²) in [5.41, 5.74) is 1.22. The van der Waals surface area contributed by atoms with Crippen molar-refractivity contribution in [2.75, 3.05) is 11.8 Å². The molecule has 5 nitrogen and oxygen atoms in total. The van der Waals surface area contributed by atoms with Crippen LogP contribution in [0.25, 0.3) is 0 Å². The lowest BCUT2D eigenvalue weighted by Gasteiger charge is -2.11. The third-order valence-corrected chi connectivity index (χ3v) is 4.40. The van der Waals surface area contributed by atoms with Crippen LogP contribution in [0.4, 0.5) is 10.1 Å². The molecule has 1 N–H and O–H groups in total. The standard InChI is InChI=1S/C15H14FNO4S/c1-10-9-11(15(18)21-2)3-8-14(10)17-22(19,20)13-6-4-12(16)5-7-13/h3-9,17H,1-2H3. The van der Waals surface area contributed by atoms with Gasteiger partial charge < -0.3 is 4.74 Å². The fourth-order valence-corrected chi connectivity index (χ4v) is 2.97. The molecule has 2 aromatic carbocycles. The Bertz CT molecular complexity index is 801. The monoisotopic (exact) mass is 323 g/mol. The second-order valence-electron chi connectivity index (χ2n) is 4.58. The van der Waals surface area contributed by atoms with E-state index in [2.05, 4.69) is 9.46 Å². The number of esters is 1. The molecule has 116 valence electrons. The van der Waals surface area contributed by atoms with E-state index in [1.54, 1.807) is 6.92 Å². The number of halogens is 1. The first kappa shape index (κ1) is 16.0. The van der Waals surface area contributed by atoms with Crippen LogP contribution in [0.2, 0.25) is 0 Å². The number of carbonyl (C=O) groups is 1. The van der Waals surface area contributed by atoms with Crippen molar-refractivity contribution in [3.05, 3.63) is 59.4 Å². The number of benzene rings is 2. The lowest BCUT2D eigenvalue weighted by molar-refractivity contribution is 0.0600. The van der Waals surface area contributed by atoms with E-state index in [1.165, 1.54) is 37.4 Å². The highest BCUT2D eigenvalue weighted by Crippen LogP contribution is 2.21.